The summed E-state index contributed by atoms with van der Waals surface area (Å²) < 4.78 is 0. The van der Waals surface area contributed by atoms with E-state index in [9.17, 15) is 4.79 Å². The zero-order valence-electron chi connectivity index (χ0n) is 13.7. The Bertz CT molecular complexity index is 298. The molecule has 1 rings (SSSR count). The number of nitrogens with one attached hydrogen (secondary N) is 1. The SMILES string of the molecule is CCC(C)(C)NC(=O)C(C)N(CCN)C1CCCCC1. The molecule has 0 aromatic rings. The van der Waals surface area contributed by atoms with Crippen LogP contribution in [0.4, 0.5) is 0 Å². The van der Waals surface area contributed by atoms with Gasteiger partial charge in [-0.15, -0.1) is 0 Å². The minimum absolute atomic E-state index is 0.0903. The molecule has 0 saturated heterocycles. The molecule has 4 heteroatoms. The molecule has 0 heterocycles. The van der Waals surface area contributed by atoms with Gasteiger partial charge in [-0.2, -0.15) is 0 Å². The maximum Gasteiger partial charge on any atom is 0.237 e. The average Bonchev–Trinajstić information content (AvgIpc) is 2.44. The molecule has 4 nitrogen and oxygen atoms in total. The lowest BCUT2D eigenvalue weighted by molar-refractivity contribution is -0.128. The topological polar surface area (TPSA) is 58.4 Å². The Morgan fingerprint density at radius 3 is 2.45 bits per heavy atom. The van der Waals surface area contributed by atoms with Crippen LogP contribution in [0.15, 0.2) is 0 Å². The van der Waals surface area contributed by atoms with Crippen LogP contribution in [0.3, 0.4) is 0 Å². The van der Waals surface area contributed by atoms with Crippen LogP contribution in [0, 0.1) is 0 Å². The van der Waals surface area contributed by atoms with Crippen molar-refractivity contribution in [3.05, 3.63) is 0 Å². The molecular weight excluding hydrogens is 250 g/mol. The van der Waals surface area contributed by atoms with E-state index < -0.39 is 0 Å². The molecule has 1 unspecified atom stereocenters. The van der Waals surface area contributed by atoms with Gasteiger partial charge < -0.3 is 11.1 Å². The van der Waals surface area contributed by atoms with Crippen molar-refractivity contribution in [3.63, 3.8) is 0 Å². The van der Waals surface area contributed by atoms with E-state index in [2.05, 4.69) is 31.0 Å². The van der Waals surface area contributed by atoms with Gasteiger partial charge >= 0.3 is 0 Å². The maximum absolute atomic E-state index is 12.5. The molecule has 1 atom stereocenters. The second kappa shape index (κ2) is 7.99. The van der Waals surface area contributed by atoms with Gasteiger partial charge in [0.05, 0.1) is 6.04 Å². The zero-order chi connectivity index (χ0) is 15.2. The molecule has 20 heavy (non-hydrogen) atoms. The Hall–Kier alpha value is -0.610. The molecule has 0 aromatic heterocycles. The number of amides is 1. The van der Waals surface area contributed by atoms with Gasteiger partial charge in [0, 0.05) is 24.7 Å². The lowest BCUT2D eigenvalue weighted by Crippen LogP contribution is -2.55. The summed E-state index contributed by atoms with van der Waals surface area (Å²) in [7, 11) is 0. The van der Waals surface area contributed by atoms with Crippen molar-refractivity contribution in [2.24, 2.45) is 5.73 Å². The lowest BCUT2D eigenvalue weighted by Gasteiger charge is -2.39. The molecule has 0 aromatic carbocycles. The van der Waals surface area contributed by atoms with Crippen molar-refractivity contribution in [3.8, 4) is 0 Å². The highest BCUT2D eigenvalue weighted by molar-refractivity contribution is 5.82. The fourth-order valence-corrected chi connectivity index (χ4v) is 2.93. The highest BCUT2D eigenvalue weighted by atomic mass is 16.2. The molecule has 3 N–H and O–H groups in total. The van der Waals surface area contributed by atoms with E-state index in [0.29, 0.717) is 12.6 Å². The maximum atomic E-state index is 12.5. The minimum atomic E-state index is -0.133. The van der Waals surface area contributed by atoms with Crippen molar-refractivity contribution in [1.29, 1.82) is 0 Å². The summed E-state index contributed by atoms with van der Waals surface area (Å²) in [4.78, 5) is 14.8. The van der Waals surface area contributed by atoms with Crippen molar-refractivity contribution < 1.29 is 4.79 Å². The summed E-state index contributed by atoms with van der Waals surface area (Å²) >= 11 is 0. The van der Waals surface area contributed by atoms with Gasteiger partial charge in [0.1, 0.15) is 0 Å². The van der Waals surface area contributed by atoms with Gasteiger partial charge in [-0.3, -0.25) is 9.69 Å². The van der Waals surface area contributed by atoms with Crippen molar-refractivity contribution in [2.75, 3.05) is 13.1 Å². The van der Waals surface area contributed by atoms with Gasteiger partial charge in [0.2, 0.25) is 5.91 Å². The second-order valence-electron chi connectivity index (χ2n) is 6.72. The van der Waals surface area contributed by atoms with Crippen LogP contribution in [0.25, 0.3) is 0 Å². The van der Waals surface area contributed by atoms with Gasteiger partial charge in [0.15, 0.2) is 0 Å². The summed E-state index contributed by atoms with van der Waals surface area (Å²) in [6.45, 7) is 9.70. The Kier molecular flexibility index (Phi) is 6.96. The number of carbonyl (C=O) groups excluding carboxylic acids is 1. The Morgan fingerprint density at radius 2 is 1.95 bits per heavy atom. The molecule has 1 saturated carbocycles. The number of hydrogen-bond donors (Lipinski definition) is 2. The monoisotopic (exact) mass is 283 g/mol. The number of hydrogen-bond acceptors (Lipinski definition) is 3. The first-order chi connectivity index (χ1) is 9.41. The van der Waals surface area contributed by atoms with E-state index in [1.54, 1.807) is 0 Å². The van der Waals surface area contributed by atoms with E-state index in [0.717, 1.165) is 13.0 Å². The summed E-state index contributed by atoms with van der Waals surface area (Å²) in [5, 5.41) is 3.16. The van der Waals surface area contributed by atoms with Crippen LogP contribution in [-0.4, -0.2) is 41.5 Å². The van der Waals surface area contributed by atoms with Gasteiger partial charge in [0.25, 0.3) is 0 Å². The fourth-order valence-electron chi connectivity index (χ4n) is 2.93. The van der Waals surface area contributed by atoms with Crippen LogP contribution >= 0.6 is 0 Å². The highest BCUT2D eigenvalue weighted by Gasteiger charge is 2.30. The molecule has 1 fully saturated rings. The van der Waals surface area contributed by atoms with Gasteiger partial charge in [-0.05, 0) is 40.0 Å². The molecule has 0 aliphatic heterocycles. The molecule has 1 aliphatic rings. The fraction of sp³-hybridized carbons (Fsp3) is 0.938. The average molecular weight is 283 g/mol. The molecule has 0 radical (unpaired) electrons. The quantitative estimate of drug-likeness (QED) is 0.753. The number of carbonyl (C=O) groups is 1. The molecule has 0 spiro atoms. The first-order valence-corrected chi connectivity index (χ1v) is 8.19. The third kappa shape index (κ3) is 5.06. The van der Waals surface area contributed by atoms with E-state index in [1.807, 2.05) is 6.92 Å². The molecule has 0 bridgehead atoms. The second-order valence-corrected chi connectivity index (χ2v) is 6.72. The van der Waals surface area contributed by atoms with Crippen molar-refractivity contribution in [1.82, 2.24) is 10.2 Å². The van der Waals surface area contributed by atoms with E-state index in [1.165, 1.54) is 32.1 Å². The first kappa shape index (κ1) is 17.4. The summed E-state index contributed by atoms with van der Waals surface area (Å²) in [5.74, 6) is 0.135. The lowest BCUT2D eigenvalue weighted by atomic mass is 9.93. The Morgan fingerprint density at radius 1 is 1.35 bits per heavy atom. The summed E-state index contributed by atoms with van der Waals surface area (Å²) in [6.07, 6.45) is 7.23. The Balaban J connectivity index is 2.67. The van der Waals surface area contributed by atoms with Crippen LogP contribution in [-0.2, 0) is 4.79 Å². The normalized spacial score (nSPS) is 19.1. The standard InChI is InChI=1S/C16H33N3O/c1-5-16(3,4)18-15(20)13(2)19(12-11-17)14-9-7-6-8-10-14/h13-14H,5-12,17H2,1-4H3,(H,18,20). The van der Waals surface area contributed by atoms with Crippen LogP contribution in [0.1, 0.15) is 66.2 Å². The predicted octanol–water partition coefficient (Wildman–Crippen LogP) is 2.27. The molecule has 1 aliphatic carbocycles. The number of nitrogens with zero attached hydrogens (tertiary/aromatic N) is 1. The summed E-state index contributed by atoms with van der Waals surface area (Å²) in [6, 6.07) is 0.435. The van der Waals surface area contributed by atoms with E-state index in [-0.39, 0.29) is 17.5 Å². The van der Waals surface area contributed by atoms with Crippen LogP contribution in [0.5, 0.6) is 0 Å². The smallest absolute Gasteiger partial charge is 0.237 e. The third-order valence-electron chi connectivity index (χ3n) is 4.65. The third-order valence-corrected chi connectivity index (χ3v) is 4.65. The van der Waals surface area contributed by atoms with E-state index >= 15 is 0 Å². The molecule has 1 amide bonds. The number of rotatable bonds is 7. The summed E-state index contributed by atoms with van der Waals surface area (Å²) in [5.41, 5.74) is 5.62. The van der Waals surface area contributed by atoms with Crippen LogP contribution < -0.4 is 11.1 Å². The predicted molar refractivity (Wildman–Crippen MR) is 84.6 cm³/mol. The van der Waals surface area contributed by atoms with Gasteiger partial charge in [-0.25, -0.2) is 0 Å². The zero-order valence-corrected chi connectivity index (χ0v) is 13.7. The van der Waals surface area contributed by atoms with E-state index in [4.69, 9.17) is 5.73 Å². The molecular formula is C16H33N3O. The largest absolute Gasteiger partial charge is 0.350 e. The number of nitrogens with two attached hydrogens (primary N) is 1. The molecule has 118 valence electrons. The first-order valence-electron chi connectivity index (χ1n) is 8.19. The highest BCUT2D eigenvalue weighted by Crippen LogP contribution is 2.24. The van der Waals surface area contributed by atoms with Crippen LogP contribution in [0.2, 0.25) is 0 Å². The van der Waals surface area contributed by atoms with Gasteiger partial charge in [-0.1, -0.05) is 26.2 Å². The minimum Gasteiger partial charge on any atom is -0.350 e. The Labute approximate surface area is 124 Å². The van der Waals surface area contributed by atoms with Crippen molar-refractivity contribution >= 4 is 5.91 Å². The van der Waals surface area contributed by atoms with Crippen molar-refractivity contribution in [2.45, 2.75) is 83.8 Å².